The molecule has 17 heavy (non-hydrogen) atoms. The van der Waals surface area contributed by atoms with Crippen LogP contribution in [-0.2, 0) is 10.0 Å². The van der Waals surface area contributed by atoms with Crippen molar-refractivity contribution < 1.29 is 22.3 Å². The third-order valence-electron chi connectivity index (χ3n) is 1.99. The number of aliphatic hydroxyl groups excluding tert-OH is 1. The fourth-order valence-electron chi connectivity index (χ4n) is 1.19. The summed E-state index contributed by atoms with van der Waals surface area (Å²) >= 11 is 0. The predicted molar refractivity (Wildman–Crippen MR) is 57.8 cm³/mol. The fourth-order valence-corrected chi connectivity index (χ4v) is 2.73. The van der Waals surface area contributed by atoms with Crippen LogP contribution >= 0.6 is 0 Å². The van der Waals surface area contributed by atoms with Crippen LogP contribution in [0.2, 0.25) is 0 Å². The molecule has 0 radical (unpaired) electrons. The van der Waals surface area contributed by atoms with Crippen LogP contribution in [0.4, 0.5) is 8.78 Å². The third-order valence-corrected chi connectivity index (χ3v) is 3.74. The van der Waals surface area contributed by atoms with E-state index in [-0.39, 0.29) is 0 Å². The second kappa shape index (κ2) is 4.67. The Morgan fingerprint density at radius 3 is 2.18 bits per heavy atom. The van der Waals surface area contributed by atoms with Crippen molar-refractivity contribution in [2.45, 2.75) is 24.3 Å². The minimum atomic E-state index is -4.35. The lowest BCUT2D eigenvalue weighted by Gasteiger charge is -2.23. The smallest absolute Gasteiger partial charge is 0.246 e. The Labute approximate surface area is 98.3 Å². The molecule has 1 aromatic rings. The summed E-state index contributed by atoms with van der Waals surface area (Å²) in [7, 11) is -4.35. The number of sulfonamides is 1. The lowest BCUT2D eigenvalue weighted by Crippen LogP contribution is -2.46. The fraction of sp³-hybridized carbons (Fsp3) is 0.400. The highest BCUT2D eigenvalue weighted by Gasteiger charge is 2.30. The Kier molecular flexibility index (Phi) is 3.85. The van der Waals surface area contributed by atoms with Crippen molar-refractivity contribution in [3.8, 4) is 0 Å². The first-order valence-corrected chi connectivity index (χ1v) is 6.27. The molecule has 0 saturated heterocycles. The lowest BCUT2D eigenvalue weighted by atomic mass is 10.1. The van der Waals surface area contributed by atoms with Gasteiger partial charge in [0, 0.05) is 0 Å². The van der Waals surface area contributed by atoms with E-state index in [2.05, 4.69) is 0 Å². The van der Waals surface area contributed by atoms with Gasteiger partial charge >= 0.3 is 0 Å². The number of aliphatic hydroxyl groups is 1. The molecule has 0 heterocycles. The van der Waals surface area contributed by atoms with Crippen LogP contribution in [0.3, 0.4) is 0 Å². The Bertz CT molecular complexity index is 494. The molecule has 0 fully saturated rings. The van der Waals surface area contributed by atoms with Gasteiger partial charge in [0.05, 0.1) is 12.1 Å². The molecule has 0 aromatic heterocycles. The second-order valence-corrected chi connectivity index (χ2v) is 5.82. The van der Waals surface area contributed by atoms with Gasteiger partial charge in [0.2, 0.25) is 10.0 Å². The first-order valence-electron chi connectivity index (χ1n) is 4.78. The van der Waals surface area contributed by atoms with E-state index in [0.717, 1.165) is 18.2 Å². The maximum absolute atomic E-state index is 13.3. The summed E-state index contributed by atoms with van der Waals surface area (Å²) in [5, 5.41) is 8.93. The molecule has 0 aliphatic heterocycles. The summed E-state index contributed by atoms with van der Waals surface area (Å²) in [6, 6.07) is 2.77. The van der Waals surface area contributed by atoms with Gasteiger partial charge in [-0.15, -0.1) is 0 Å². The monoisotopic (exact) mass is 265 g/mol. The maximum atomic E-state index is 13.3. The molecule has 7 heteroatoms. The highest BCUT2D eigenvalue weighted by atomic mass is 32.2. The van der Waals surface area contributed by atoms with Gasteiger partial charge in [0.1, 0.15) is 11.6 Å². The van der Waals surface area contributed by atoms with E-state index in [4.69, 9.17) is 5.11 Å². The van der Waals surface area contributed by atoms with E-state index in [1.807, 2.05) is 4.72 Å². The average Bonchev–Trinajstić information content (AvgIpc) is 2.15. The molecular formula is C10H13F2NO3S. The maximum Gasteiger partial charge on any atom is 0.246 e. The highest BCUT2D eigenvalue weighted by molar-refractivity contribution is 7.89. The Hall–Kier alpha value is -1.05. The summed E-state index contributed by atoms with van der Waals surface area (Å²) in [5.41, 5.74) is -1.20. The zero-order chi connectivity index (χ0) is 13.3. The van der Waals surface area contributed by atoms with E-state index in [1.165, 1.54) is 13.8 Å². The minimum Gasteiger partial charge on any atom is -0.394 e. The molecule has 1 aromatic carbocycles. The van der Waals surface area contributed by atoms with E-state index in [1.54, 1.807) is 0 Å². The summed E-state index contributed by atoms with van der Waals surface area (Å²) < 4.78 is 52.1. The molecule has 0 saturated carbocycles. The van der Waals surface area contributed by atoms with Crippen LogP contribution in [0.25, 0.3) is 0 Å². The van der Waals surface area contributed by atoms with Crippen molar-refractivity contribution in [2.24, 2.45) is 0 Å². The highest BCUT2D eigenvalue weighted by Crippen LogP contribution is 2.19. The van der Waals surface area contributed by atoms with Gasteiger partial charge in [-0.05, 0) is 26.0 Å². The summed E-state index contributed by atoms with van der Waals surface area (Å²) in [6.45, 7) is 2.29. The molecule has 0 bridgehead atoms. The molecule has 1 rings (SSSR count). The van der Waals surface area contributed by atoms with Crippen LogP contribution in [0.1, 0.15) is 13.8 Å². The van der Waals surface area contributed by atoms with Gasteiger partial charge in [-0.2, -0.15) is 0 Å². The first-order chi connectivity index (χ1) is 7.69. The summed E-state index contributed by atoms with van der Waals surface area (Å²) in [4.78, 5) is -1.04. The van der Waals surface area contributed by atoms with Crippen LogP contribution < -0.4 is 4.72 Å². The Balaban J connectivity index is 3.24. The van der Waals surface area contributed by atoms with Crippen molar-refractivity contribution in [1.29, 1.82) is 0 Å². The molecule has 96 valence electrons. The average molecular weight is 265 g/mol. The number of nitrogens with one attached hydrogen (secondary N) is 1. The Morgan fingerprint density at radius 2 is 1.76 bits per heavy atom. The van der Waals surface area contributed by atoms with Crippen LogP contribution in [0.5, 0.6) is 0 Å². The number of hydrogen-bond donors (Lipinski definition) is 2. The third kappa shape index (κ3) is 3.21. The zero-order valence-electron chi connectivity index (χ0n) is 9.37. The van der Waals surface area contributed by atoms with Gasteiger partial charge in [-0.1, -0.05) is 6.07 Å². The molecule has 2 N–H and O–H groups in total. The first kappa shape index (κ1) is 14.0. The van der Waals surface area contributed by atoms with Crippen molar-refractivity contribution in [1.82, 2.24) is 4.72 Å². The molecule has 0 atom stereocenters. The standard InChI is InChI=1S/C10H13F2NO3S/c1-10(2,6-14)13-17(15,16)9-7(11)4-3-5-8(9)12/h3-5,13-14H,6H2,1-2H3. The molecule has 0 amide bonds. The normalized spacial score (nSPS) is 12.8. The van der Waals surface area contributed by atoms with Crippen molar-refractivity contribution in [2.75, 3.05) is 6.61 Å². The van der Waals surface area contributed by atoms with Crippen molar-refractivity contribution in [3.05, 3.63) is 29.8 Å². The van der Waals surface area contributed by atoms with Gasteiger partial charge in [0.25, 0.3) is 0 Å². The molecule has 0 aliphatic carbocycles. The molecule has 0 unspecified atom stereocenters. The topological polar surface area (TPSA) is 66.4 Å². The SMILES string of the molecule is CC(C)(CO)NS(=O)(=O)c1c(F)cccc1F. The van der Waals surface area contributed by atoms with Crippen molar-refractivity contribution in [3.63, 3.8) is 0 Å². The molecule has 0 spiro atoms. The lowest BCUT2D eigenvalue weighted by molar-refractivity contribution is 0.208. The number of rotatable bonds is 4. The van der Waals surface area contributed by atoms with Gasteiger partial charge < -0.3 is 5.11 Å². The number of halogens is 2. The van der Waals surface area contributed by atoms with Gasteiger partial charge in [0.15, 0.2) is 4.90 Å². The predicted octanol–water partition coefficient (Wildman–Crippen LogP) is 1.01. The quantitative estimate of drug-likeness (QED) is 0.854. The molecule has 4 nitrogen and oxygen atoms in total. The van der Waals surface area contributed by atoms with Crippen LogP contribution in [0, 0.1) is 11.6 Å². The van der Waals surface area contributed by atoms with Gasteiger partial charge in [-0.3, -0.25) is 0 Å². The Morgan fingerprint density at radius 1 is 1.29 bits per heavy atom. The largest absolute Gasteiger partial charge is 0.394 e. The van der Waals surface area contributed by atoms with E-state index in [9.17, 15) is 17.2 Å². The van der Waals surface area contributed by atoms with Crippen LogP contribution in [0.15, 0.2) is 23.1 Å². The molecular weight excluding hydrogens is 252 g/mol. The van der Waals surface area contributed by atoms with Crippen LogP contribution in [-0.4, -0.2) is 25.7 Å². The van der Waals surface area contributed by atoms with Gasteiger partial charge in [-0.25, -0.2) is 21.9 Å². The summed E-state index contributed by atoms with van der Waals surface area (Å²) in [6.07, 6.45) is 0. The summed E-state index contributed by atoms with van der Waals surface area (Å²) in [5.74, 6) is -2.35. The van der Waals surface area contributed by atoms with E-state index >= 15 is 0 Å². The zero-order valence-corrected chi connectivity index (χ0v) is 10.2. The van der Waals surface area contributed by atoms with Crippen molar-refractivity contribution >= 4 is 10.0 Å². The number of hydrogen-bond acceptors (Lipinski definition) is 3. The number of benzene rings is 1. The molecule has 0 aliphatic rings. The van der Waals surface area contributed by atoms with E-state index in [0.29, 0.717) is 0 Å². The van der Waals surface area contributed by atoms with E-state index < -0.39 is 38.7 Å². The minimum absolute atomic E-state index is 0.498. The second-order valence-electron chi connectivity index (χ2n) is 4.20.